The summed E-state index contributed by atoms with van der Waals surface area (Å²) in [6.07, 6.45) is 4.03. The maximum atomic E-state index is 12.9. The first kappa shape index (κ1) is 20.2. The summed E-state index contributed by atoms with van der Waals surface area (Å²) in [7, 11) is -2.21. The molecule has 0 radical (unpaired) electrons. The largest absolute Gasteiger partial charge is 0.307 e. The predicted molar refractivity (Wildman–Crippen MR) is 116 cm³/mol. The van der Waals surface area contributed by atoms with Gasteiger partial charge in [-0.2, -0.15) is 5.10 Å². The molecule has 30 heavy (non-hydrogen) atoms. The first-order valence-electron chi connectivity index (χ1n) is 9.87. The van der Waals surface area contributed by atoms with Crippen LogP contribution in [-0.4, -0.2) is 31.2 Å². The molecule has 7 nitrogen and oxygen atoms in total. The molecule has 1 unspecified atom stereocenters. The number of benzene rings is 2. The van der Waals surface area contributed by atoms with E-state index in [1.807, 2.05) is 10.7 Å². The Kier molecular flexibility index (Phi) is 5.34. The predicted octanol–water partition coefficient (Wildman–Crippen LogP) is 3.93. The highest BCUT2D eigenvalue weighted by Gasteiger charge is 2.31. The van der Waals surface area contributed by atoms with Crippen LogP contribution in [0.15, 0.2) is 71.8 Å². The number of sulfonamides is 1. The Hall–Kier alpha value is -3.13. The van der Waals surface area contributed by atoms with Gasteiger partial charge in [-0.15, -0.1) is 0 Å². The van der Waals surface area contributed by atoms with E-state index in [1.54, 1.807) is 36.5 Å². The molecule has 0 aliphatic heterocycles. The standard InChI is InChI=1S/C22H24N4O3S/c1-16(17-8-9-17)26-21(14-15-23-26)24-22(27)18-10-12-20(13-11-18)30(28,29)25(2)19-6-4-3-5-7-19/h3-7,10-17H,8-9H2,1-2H3,(H,24,27). The molecule has 3 aromatic rings. The van der Waals surface area contributed by atoms with E-state index in [1.165, 1.54) is 48.5 Å². The Morgan fingerprint density at radius 2 is 1.77 bits per heavy atom. The van der Waals surface area contributed by atoms with Crippen molar-refractivity contribution in [3.05, 3.63) is 72.4 Å². The van der Waals surface area contributed by atoms with Crippen LogP contribution in [0.3, 0.4) is 0 Å². The Labute approximate surface area is 176 Å². The highest BCUT2D eigenvalue weighted by atomic mass is 32.2. The molecule has 1 heterocycles. The Morgan fingerprint density at radius 3 is 2.40 bits per heavy atom. The topological polar surface area (TPSA) is 84.3 Å². The third-order valence-corrected chi connectivity index (χ3v) is 7.30. The second-order valence-corrected chi connectivity index (χ2v) is 9.49. The third kappa shape index (κ3) is 3.95. The van der Waals surface area contributed by atoms with Crippen LogP contribution in [0, 0.1) is 5.92 Å². The van der Waals surface area contributed by atoms with Crippen LogP contribution in [0.5, 0.6) is 0 Å². The van der Waals surface area contributed by atoms with E-state index >= 15 is 0 Å². The van der Waals surface area contributed by atoms with Gasteiger partial charge in [0, 0.05) is 18.7 Å². The number of carbonyl (C=O) groups is 1. The van der Waals surface area contributed by atoms with Gasteiger partial charge >= 0.3 is 0 Å². The lowest BCUT2D eigenvalue weighted by Gasteiger charge is -2.19. The van der Waals surface area contributed by atoms with Crippen LogP contribution in [0.2, 0.25) is 0 Å². The fourth-order valence-electron chi connectivity index (χ4n) is 3.42. The lowest BCUT2D eigenvalue weighted by molar-refractivity contribution is 0.102. The number of anilines is 2. The van der Waals surface area contributed by atoms with Crippen LogP contribution in [-0.2, 0) is 10.0 Å². The fraction of sp³-hybridized carbons (Fsp3) is 0.273. The van der Waals surface area contributed by atoms with Crippen LogP contribution in [0.4, 0.5) is 11.5 Å². The van der Waals surface area contributed by atoms with Crippen molar-refractivity contribution in [1.29, 1.82) is 0 Å². The molecule has 1 saturated carbocycles. The molecule has 1 atom stereocenters. The van der Waals surface area contributed by atoms with Gasteiger partial charge in [-0.25, -0.2) is 13.1 Å². The molecule has 1 aliphatic carbocycles. The summed E-state index contributed by atoms with van der Waals surface area (Å²) in [5.41, 5.74) is 0.945. The Bertz CT molecular complexity index is 1140. The summed E-state index contributed by atoms with van der Waals surface area (Å²) in [5.74, 6) is 0.937. The second kappa shape index (κ2) is 7.95. The van der Waals surface area contributed by atoms with Gasteiger partial charge in [-0.3, -0.25) is 9.10 Å². The molecule has 1 aliphatic rings. The molecular formula is C22H24N4O3S. The lowest BCUT2D eigenvalue weighted by atomic mass is 10.2. The molecule has 4 rings (SSSR count). The minimum Gasteiger partial charge on any atom is -0.307 e. The maximum Gasteiger partial charge on any atom is 0.264 e. The summed E-state index contributed by atoms with van der Waals surface area (Å²) in [6.45, 7) is 2.10. The summed E-state index contributed by atoms with van der Waals surface area (Å²) in [5, 5.41) is 7.21. The average molecular weight is 425 g/mol. The number of para-hydroxylation sites is 1. The molecule has 8 heteroatoms. The molecular weight excluding hydrogens is 400 g/mol. The van der Waals surface area contributed by atoms with Gasteiger partial charge in [-0.05, 0) is 62.1 Å². The molecule has 2 aromatic carbocycles. The number of hydrogen-bond donors (Lipinski definition) is 1. The number of carbonyl (C=O) groups excluding carboxylic acids is 1. The molecule has 1 N–H and O–H groups in total. The van der Waals surface area contributed by atoms with Crippen molar-refractivity contribution in [3.63, 3.8) is 0 Å². The Morgan fingerprint density at radius 1 is 1.10 bits per heavy atom. The summed E-state index contributed by atoms with van der Waals surface area (Å²) in [4.78, 5) is 12.8. The molecule has 0 bridgehead atoms. The fourth-order valence-corrected chi connectivity index (χ4v) is 4.61. The Balaban J connectivity index is 1.50. The van der Waals surface area contributed by atoms with Gasteiger partial charge in [0.1, 0.15) is 5.82 Å². The molecule has 0 saturated heterocycles. The quantitative estimate of drug-likeness (QED) is 0.623. The zero-order chi connectivity index (χ0) is 21.3. The molecule has 0 spiro atoms. The monoisotopic (exact) mass is 424 g/mol. The van der Waals surface area contributed by atoms with Crippen molar-refractivity contribution in [1.82, 2.24) is 9.78 Å². The summed E-state index contributed by atoms with van der Waals surface area (Å²) < 4.78 is 28.8. The van der Waals surface area contributed by atoms with E-state index in [9.17, 15) is 13.2 Å². The molecule has 156 valence electrons. The molecule has 1 fully saturated rings. The van der Waals surface area contributed by atoms with Crippen LogP contribution in [0.1, 0.15) is 36.2 Å². The van der Waals surface area contributed by atoms with Gasteiger partial charge in [0.15, 0.2) is 0 Å². The number of hydrogen-bond acceptors (Lipinski definition) is 4. The number of rotatable bonds is 7. The first-order valence-corrected chi connectivity index (χ1v) is 11.3. The zero-order valence-corrected chi connectivity index (χ0v) is 17.7. The number of nitrogens with one attached hydrogen (secondary N) is 1. The van der Waals surface area contributed by atoms with E-state index in [2.05, 4.69) is 17.3 Å². The maximum absolute atomic E-state index is 12.9. The van der Waals surface area contributed by atoms with Crippen LogP contribution in [0.25, 0.3) is 0 Å². The SMILES string of the molecule is CC(C1CC1)n1nccc1NC(=O)c1ccc(S(=O)(=O)N(C)c2ccccc2)cc1. The van der Waals surface area contributed by atoms with Crippen molar-refractivity contribution in [2.45, 2.75) is 30.7 Å². The van der Waals surface area contributed by atoms with Crippen molar-refractivity contribution in [2.75, 3.05) is 16.7 Å². The summed E-state index contributed by atoms with van der Waals surface area (Å²) >= 11 is 0. The van der Waals surface area contributed by atoms with E-state index in [-0.39, 0.29) is 16.8 Å². The smallest absolute Gasteiger partial charge is 0.264 e. The summed E-state index contributed by atoms with van der Waals surface area (Å²) in [6, 6.07) is 16.8. The van der Waals surface area contributed by atoms with Crippen molar-refractivity contribution >= 4 is 27.4 Å². The number of amides is 1. The van der Waals surface area contributed by atoms with E-state index < -0.39 is 10.0 Å². The van der Waals surface area contributed by atoms with Gasteiger partial charge in [0.25, 0.3) is 15.9 Å². The second-order valence-electron chi connectivity index (χ2n) is 7.53. The van der Waals surface area contributed by atoms with Gasteiger partial charge in [-0.1, -0.05) is 18.2 Å². The van der Waals surface area contributed by atoms with E-state index in [0.717, 1.165) is 0 Å². The van der Waals surface area contributed by atoms with Crippen molar-refractivity contribution in [3.8, 4) is 0 Å². The highest BCUT2D eigenvalue weighted by molar-refractivity contribution is 7.92. The first-order chi connectivity index (χ1) is 14.4. The normalized spacial score (nSPS) is 14.9. The minimum atomic E-state index is -3.72. The molecule has 1 amide bonds. The number of aromatic nitrogens is 2. The molecule has 1 aromatic heterocycles. The minimum absolute atomic E-state index is 0.123. The third-order valence-electron chi connectivity index (χ3n) is 5.50. The zero-order valence-electron chi connectivity index (χ0n) is 16.9. The van der Waals surface area contributed by atoms with Gasteiger partial charge < -0.3 is 5.32 Å². The van der Waals surface area contributed by atoms with Crippen molar-refractivity contribution < 1.29 is 13.2 Å². The van der Waals surface area contributed by atoms with E-state index in [0.29, 0.717) is 23.0 Å². The van der Waals surface area contributed by atoms with E-state index in [4.69, 9.17) is 0 Å². The van der Waals surface area contributed by atoms with Crippen LogP contribution < -0.4 is 9.62 Å². The van der Waals surface area contributed by atoms with Crippen molar-refractivity contribution in [2.24, 2.45) is 5.92 Å². The van der Waals surface area contributed by atoms with Gasteiger partial charge in [0.2, 0.25) is 0 Å². The highest BCUT2D eigenvalue weighted by Crippen LogP contribution is 2.40. The van der Waals surface area contributed by atoms with Gasteiger partial charge in [0.05, 0.1) is 22.8 Å². The van der Waals surface area contributed by atoms with Crippen LogP contribution >= 0.6 is 0 Å². The number of nitrogens with zero attached hydrogens (tertiary/aromatic N) is 3. The average Bonchev–Trinajstić information content (AvgIpc) is 3.52. The lowest BCUT2D eigenvalue weighted by Crippen LogP contribution is -2.26.